The molecule has 0 aliphatic carbocycles. The molecule has 1 heterocycles. The fourth-order valence-corrected chi connectivity index (χ4v) is 0.906. The van der Waals surface area contributed by atoms with Gasteiger partial charge in [0, 0.05) is 5.75 Å². The summed E-state index contributed by atoms with van der Waals surface area (Å²) in [5, 5.41) is 0. The molecule has 0 N–H and O–H groups in total. The number of carbonyl (C=O) groups is 1. The van der Waals surface area contributed by atoms with Gasteiger partial charge in [0.25, 0.3) is 0 Å². The lowest BCUT2D eigenvalue weighted by atomic mass is 10.3. The normalized spacial score (nSPS) is 10.4. The smallest absolute Gasteiger partial charge is 0.168 e. The van der Waals surface area contributed by atoms with Crippen LogP contribution in [0.25, 0.3) is 6.08 Å². The van der Waals surface area contributed by atoms with Gasteiger partial charge in [0.15, 0.2) is 6.29 Å². The van der Waals surface area contributed by atoms with Crippen LogP contribution >= 0.6 is 12.6 Å². The van der Waals surface area contributed by atoms with Crippen molar-refractivity contribution < 1.29 is 4.79 Å². The SMILES string of the molecule is O=Cc1cccc(C=CCS)n1. The highest BCUT2D eigenvalue weighted by atomic mass is 32.1. The van der Waals surface area contributed by atoms with Crippen LogP contribution < -0.4 is 0 Å². The van der Waals surface area contributed by atoms with Crippen molar-refractivity contribution in [1.82, 2.24) is 4.98 Å². The Morgan fingerprint density at radius 3 is 2.83 bits per heavy atom. The molecule has 62 valence electrons. The van der Waals surface area contributed by atoms with Crippen molar-refractivity contribution in [1.29, 1.82) is 0 Å². The van der Waals surface area contributed by atoms with Crippen LogP contribution in [0, 0.1) is 0 Å². The summed E-state index contributed by atoms with van der Waals surface area (Å²) in [5.74, 6) is 0.674. The fourth-order valence-electron chi connectivity index (χ4n) is 0.801. The first-order valence-corrected chi connectivity index (χ1v) is 4.19. The summed E-state index contributed by atoms with van der Waals surface area (Å²) in [4.78, 5) is 14.4. The number of rotatable bonds is 3. The van der Waals surface area contributed by atoms with Crippen molar-refractivity contribution in [3.8, 4) is 0 Å². The van der Waals surface area contributed by atoms with E-state index >= 15 is 0 Å². The Hall–Kier alpha value is -1.09. The molecule has 0 fully saturated rings. The van der Waals surface area contributed by atoms with Crippen LogP contribution in [0.3, 0.4) is 0 Å². The Morgan fingerprint density at radius 1 is 1.42 bits per heavy atom. The van der Waals surface area contributed by atoms with Gasteiger partial charge in [0.2, 0.25) is 0 Å². The van der Waals surface area contributed by atoms with Gasteiger partial charge in [-0.2, -0.15) is 12.6 Å². The van der Waals surface area contributed by atoms with Gasteiger partial charge < -0.3 is 0 Å². The molecular formula is C9H9NOS. The van der Waals surface area contributed by atoms with Crippen molar-refractivity contribution >= 4 is 25.0 Å². The van der Waals surface area contributed by atoms with Gasteiger partial charge in [-0.3, -0.25) is 4.79 Å². The number of carbonyl (C=O) groups excluding carboxylic acids is 1. The van der Waals surface area contributed by atoms with Gasteiger partial charge in [-0.25, -0.2) is 4.98 Å². The van der Waals surface area contributed by atoms with Crippen LogP contribution in [-0.4, -0.2) is 17.0 Å². The second-order valence-corrected chi connectivity index (χ2v) is 2.56. The van der Waals surface area contributed by atoms with Crippen molar-refractivity contribution in [3.63, 3.8) is 0 Å². The predicted octanol–water partition coefficient (Wildman–Crippen LogP) is 1.84. The molecule has 0 unspecified atom stereocenters. The summed E-state index contributed by atoms with van der Waals surface area (Å²) in [6.07, 6.45) is 4.44. The molecular weight excluding hydrogens is 170 g/mol. The van der Waals surface area contributed by atoms with E-state index in [9.17, 15) is 4.79 Å². The lowest BCUT2D eigenvalue weighted by molar-refractivity contribution is 0.111. The molecule has 0 saturated carbocycles. The Kier molecular flexibility index (Phi) is 3.54. The standard InChI is InChI=1S/C9H9NOS/c11-7-9-4-1-3-8(10-9)5-2-6-12/h1-5,7,12H,6H2. The monoisotopic (exact) mass is 179 g/mol. The van der Waals surface area contributed by atoms with E-state index in [4.69, 9.17) is 0 Å². The first-order valence-electron chi connectivity index (χ1n) is 3.56. The number of thiol groups is 1. The van der Waals surface area contributed by atoms with Gasteiger partial charge >= 0.3 is 0 Å². The van der Waals surface area contributed by atoms with Crippen molar-refractivity contribution in [3.05, 3.63) is 35.7 Å². The Morgan fingerprint density at radius 2 is 2.17 bits per heavy atom. The van der Waals surface area contributed by atoms with E-state index in [2.05, 4.69) is 17.6 Å². The molecule has 12 heavy (non-hydrogen) atoms. The summed E-state index contributed by atoms with van der Waals surface area (Å²) in [5.41, 5.74) is 1.24. The minimum atomic E-state index is 0.455. The summed E-state index contributed by atoms with van der Waals surface area (Å²) in [6, 6.07) is 5.31. The Bertz CT molecular complexity index is 296. The van der Waals surface area contributed by atoms with Crippen LogP contribution in [0.15, 0.2) is 24.3 Å². The van der Waals surface area contributed by atoms with E-state index in [1.165, 1.54) is 0 Å². The summed E-state index contributed by atoms with van der Waals surface area (Å²) >= 11 is 4.02. The molecule has 1 aromatic rings. The molecule has 0 aromatic carbocycles. The lowest BCUT2D eigenvalue weighted by Gasteiger charge is -1.92. The molecule has 0 atom stereocenters. The highest BCUT2D eigenvalue weighted by Crippen LogP contribution is 1.99. The number of aldehydes is 1. The van der Waals surface area contributed by atoms with Crippen LogP contribution in [0.1, 0.15) is 16.2 Å². The third-order valence-electron chi connectivity index (χ3n) is 1.31. The van der Waals surface area contributed by atoms with Crippen molar-refractivity contribution in [2.24, 2.45) is 0 Å². The van der Waals surface area contributed by atoms with E-state index < -0.39 is 0 Å². The Balaban J connectivity index is 2.86. The largest absolute Gasteiger partial charge is 0.296 e. The predicted molar refractivity (Wildman–Crippen MR) is 52.5 cm³/mol. The number of pyridine rings is 1. The first kappa shape index (κ1) is 9.00. The molecule has 0 spiro atoms. The molecule has 0 bridgehead atoms. The van der Waals surface area contributed by atoms with Crippen LogP contribution in [0.5, 0.6) is 0 Å². The van der Waals surface area contributed by atoms with Crippen LogP contribution in [0.4, 0.5) is 0 Å². The van der Waals surface area contributed by atoms with Crippen molar-refractivity contribution in [2.75, 3.05) is 5.75 Å². The zero-order valence-corrected chi connectivity index (χ0v) is 7.37. The minimum Gasteiger partial charge on any atom is -0.296 e. The summed E-state index contributed by atoms with van der Waals surface area (Å²) in [7, 11) is 0. The van der Waals surface area contributed by atoms with E-state index in [-0.39, 0.29) is 0 Å². The summed E-state index contributed by atoms with van der Waals surface area (Å²) < 4.78 is 0. The van der Waals surface area contributed by atoms with E-state index in [1.54, 1.807) is 12.1 Å². The molecule has 0 aliphatic rings. The maximum absolute atomic E-state index is 10.3. The second kappa shape index (κ2) is 4.72. The molecule has 0 amide bonds. The zero-order valence-electron chi connectivity index (χ0n) is 6.47. The Labute approximate surface area is 76.7 Å². The van der Waals surface area contributed by atoms with Gasteiger partial charge in [-0.1, -0.05) is 12.1 Å². The highest BCUT2D eigenvalue weighted by Gasteiger charge is 1.90. The first-order chi connectivity index (χ1) is 5.86. The van der Waals surface area contributed by atoms with Gasteiger partial charge in [-0.05, 0) is 18.2 Å². The maximum atomic E-state index is 10.3. The second-order valence-electron chi connectivity index (χ2n) is 2.19. The average Bonchev–Trinajstić information content (AvgIpc) is 2.15. The van der Waals surface area contributed by atoms with Crippen molar-refractivity contribution in [2.45, 2.75) is 0 Å². The van der Waals surface area contributed by atoms with E-state index in [0.29, 0.717) is 11.4 Å². The molecule has 0 aliphatic heterocycles. The molecule has 3 heteroatoms. The zero-order chi connectivity index (χ0) is 8.81. The fraction of sp³-hybridized carbons (Fsp3) is 0.111. The number of hydrogen-bond acceptors (Lipinski definition) is 3. The average molecular weight is 179 g/mol. The van der Waals surface area contributed by atoms with Gasteiger partial charge in [0.05, 0.1) is 5.69 Å². The number of aromatic nitrogens is 1. The third-order valence-corrected chi connectivity index (χ3v) is 1.52. The quantitative estimate of drug-likeness (QED) is 0.566. The van der Waals surface area contributed by atoms with Crippen LogP contribution in [0.2, 0.25) is 0 Å². The number of hydrogen-bond donors (Lipinski definition) is 1. The third kappa shape index (κ3) is 2.51. The highest BCUT2D eigenvalue weighted by molar-refractivity contribution is 7.80. The van der Waals surface area contributed by atoms with E-state index in [0.717, 1.165) is 12.0 Å². The topological polar surface area (TPSA) is 30.0 Å². The molecule has 0 saturated heterocycles. The number of nitrogens with zero attached hydrogens (tertiary/aromatic N) is 1. The molecule has 2 nitrogen and oxygen atoms in total. The molecule has 1 rings (SSSR count). The van der Waals surface area contributed by atoms with E-state index in [1.807, 2.05) is 18.2 Å². The molecule has 0 radical (unpaired) electrons. The van der Waals surface area contributed by atoms with Gasteiger partial charge in [-0.15, -0.1) is 0 Å². The van der Waals surface area contributed by atoms with Gasteiger partial charge in [0.1, 0.15) is 5.69 Å². The lowest BCUT2D eigenvalue weighted by Crippen LogP contribution is -1.87. The minimum absolute atomic E-state index is 0.455. The van der Waals surface area contributed by atoms with Crippen LogP contribution in [-0.2, 0) is 0 Å². The molecule has 1 aromatic heterocycles. The summed E-state index contributed by atoms with van der Waals surface area (Å²) in [6.45, 7) is 0. The maximum Gasteiger partial charge on any atom is 0.168 e.